The number of rotatable bonds is 3. The van der Waals surface area contributed by atoms with Crippen molar-refractivity contribution in [1.82, 2.24) is 4.98 Å². The fourth-order valence-corrected chi connectivity index (χ4v) is 2.02. The number of nitrogens with zero attached hydrogens (tertiary/aromatic N) is 2. The number of nitrogens with one attached hydrogen (secondary N) is 1. The Morgan fingerprint density at radius 1 is 1.28 bits per heavy atom. The number of anilines is 1. The summed E-state index contributed by atoms with van der Waals surface area (Å²) in [4.78, 5) is 4.17. The van der Waals surface area contributed by atoms with Crippen LogP contribution in [0.25, 0.3) is 0 Å². The molecule has 0 saturated heterocycles. The highest BCUT2D eigenvalue weighted by Gasteiger charge is 2.11. The second-order valence-corrected chi connectivity index (χ2v) is 4.31. The number of benzene rings is 1. The lowest BCUT2D eigenvalue weighted by Gasteiger charge is -2.16. The molecule has 0 unspecified atom stereocenters. The highest BCUT2D eigenvalue weighted by molar-refractivity contribution is 6.31. The molecular formula is C14H12ClN3. The summed E-state index contributed by atoms with van der Waals surface area (Å²) in [5.74, 6) is 0.576. The van der Waals surface area contributed by atoms with Crippen LogP contribution in [0.15, 0.2) is 42.6 Å². The van der Waals surface area contributed by atoms with Crippen LogP contribution in [-0.2, 0) is 0 Å². The van der Waals surface area contributed by atoms with Crippen LogP contribution >= 0.6 is 11.6 Å². The van der Waals surface area contributed by atoms with Gasteiger partial charge in [0, 0.05) is 11.2 Å². The number of hydrogen-bond acceptors (Lipinski definition) is 3. The van der Waals surface area contributed by atoms with Crippen molar-refractivity contribution in [2.24, 2.45) is 0 Å². The lowest BCUT2D eigenvalue weighted by Crippen LogP contribution is -2.09. The van der Waals surface area contributed by atoms with Gasteiger partial charge >= 0.3 is 0 Å². The Balaban J connectivity index is 2.25. The molecule has 0 bridgehead atoms. The minimum Gasteiger partial charge on any atom is -0.362 e. The smallest absolute Gasteiger partial charge is 0.144 e. The molecule has 0 saturated carbocycles. The molecule has 1 atom stereocenters. The van der Waals surface area contributed by atoms with Gasteiger partial charge in [0.05, 0.1) is 11.6 Å². The largest absolute Gasteiger partial charge is 0.362 e. The van der Waals surface area contributed by atoms with Crippen LogP contribution in [-0.4, -0.2) is 4.98 Å². The van der Waals surface area contributed by atoms with Gasteiger partial charge in [0.15, 0.2) is 0 Å². The molecule has 18 heavy (non-hydrogen) atoms. The molecule has 0 spiro atoms. The van der Waals surface area contributed by atoms with E-state index in [4.69, 9.17) is 16.9 Å². The zero-order chi connectivity index (χ0) is 13.0. The van der Waals surface area contributed by atoms with E-state index in [2.05, 4.69) is 16.4 Å². The van der Waals surface area contributed by atoms with E-state index >= 15 is 0 Å². The SMILES string of the molecule is C[C@H](Nc1ncccc1C#N)c1ccccc1Cl. The van der Waals surface area contributed by atoms with Crippen molar-refractivity contribution in [3.63, 3.8) is 0 Å². The summed E-state index contributed by atoms with van der Waals surface area (Å²) in [6.07, 6.45) is 1.66. The first kappa shape index (κ1) is 12.4. The lowest BCUT2D eigenvalue weighted by atomic mass is 10.1. The van der Waals surface area contributed by atoms with Gasteiger partial charge < -0.3 is 5.32 Å². The maximum absolute atomic E-state index is 9.00. The van der Waals surface area contributed by atoms with Gasteiger partial charge in [-0.1, -0.05) is 29.8 Å². The molecular weight excluding hydrogens is 246 g/mol. The van der Waals surface area contributed by atoms with Crippen LogP contribution in [0, 0.1) is 11.3 Å². The Morgan fingerprint density at radius 3 is 2.78 bits per heavy atom. The summed E-state index contributed by atoms with van der Waals surface area (Å²) in [7, 11) is 0. The topological polar surface area (TPSA) is 48.7 Å². The van der Waals surface area contributed by atoms with Crippen molar-refractivity contribution < 1.29 is 0 Å². The van der Waals surface area contributed by atoms with Gasteiger partial charge in [-0.2, -0.15) is 5.26 Å². The molecule has 1 aromatic carbocycles. The fraction of sp³-hybridized carbons (Fsp3) is 0.143. The molecule has 2 rings (SSSR count). The van der Waals surface area contributed by atoms with E-state index in [1.165, 1.54) is 0 Å². The molecule has 1 N–H and O–H groups in total. The lowest BCUT2D eigenvalue weighted by molar-refractivity contribution is 0.874. The molecule has 1 aromatic heterocycles. The van der Waals surface area contributed by atoms with Crippen LogP contribution in [0.1, 0.15) is 24.1 Å². The first-order valence-electron chi connectivity index (χ1n) is 5.58. The number of nitriles is 1. The molecule has 0 fully saturated rings. The van der Waals surface area contributed by atoms with Crippen molar-refractivity contribution in [3.05, 3.63) is 58.7 Å². The maximum Gasteiger partial charge on any atom is 0.144 e. The van der Waals surface area contributed by atoms with Gasteiger partial charge in [0.1, 0.15) is 11.9 Å². The molecule has 0 aliphatic heterocycles. The van der Waals surface area contributed by atoms with Crippen LogP contribution in [0.4, 0.5) is 5.82 Å². The molecule has 1 heterocycles. The molecule has 0 aliphatic rings. The zero-order valence-corrected chi connectivity index (χ0v) is 10.6. The Morgan fingerprint density at radius 2 is 2.06 bits per heavy atom. The van der Waals surface area contributed by atoms with Gasteiger partial charge in [0.25, 0.3) is 0 Å². The van der Waals surface area contributed by atoms with Crippen LogP contribution < -0.4 is 5.32 Å². The predicted octanol–water partition coefficient (Wildman–Crippen LogP) is 3.78. The maximum atomic E-state index is 9.00. The van der Waals surface area contributed by atoms with Crippen molar-refractivity contribution in [1.29, 1.82) is 5.26 Å². The van der Waals surface area contributed by atoms with Crippen molar-refractivity contribution >= 4 is 17.4 Å². The van der Waals surface area contributed by atoms with E-state index in [1.807, 2.05) is 31.2 Å². The molecule has 4 heteroatoms. The summed E-state index contributed by atoms with van der Waals surface area (Å²) in [6, 6.07) is 13.2. The predicted molar refractivity (Wildman–Crippen MR) is 72.4 cm³/mol. The van der Waals surface area contributed by atoms with Gasteiger partial charge in [-0.05, 0) is 30.7 Å². The molecule has 0 amide bonds. The Bertz CT molecular complexity index is 590. The summed E-state index contributed by atoms with van der Waals surface area (Å²) >= 11 is 6.13. The highest BCUT2D eigenvalue weighted by Crippen LogP contribution is 2.25. The van der Waals surface area contributed by atoms with E-state index in [0.717, 1.165) is 5.56 Å². The first-order valence-corrected chi connectivity index (χ1v) is 5.96. The Kier molecular flexibility index (Phi) is 3.81. The van der Waals surface area contributed by atoms with Crippen LogP contribution in [0.5, 0.6) is 0 Å². The summed E-state index contributed by atoms with van der Waals surface area (Å²) in [5, 5.41) is 12.9. The van der Waals surface area contributed by atoms with Gasteiger partial charge in [-0.25, -0.2) is 4.98 Å². The second-order valence-electron chi connectivity index (χ2n) is 3.90. The quantitative estimate of drug-likeness (QED) is 0.910. The third-order valence-electron chi connectivity index (χ3n) is 2.65. The normalized spacial score (nSPS) is 11.6. The van der Waals surface area contributed by atoms with Crippen LogP contribution in [0.3, 0.4) is 0 Å². The van der Waals surface area contributed by atoms with Crippen molar-refractivity contribution in [2.75, 3.05) is 5.32 Å². The third kappa shape index (κ3) is 2.61. The number of halogens is 1. The minimum atomic E-state index is -0.0132. The second kappa shape index (κ2) is 5.52. The van der Waals surface area contributed by atoms with Crippen LogP contribution in [0.2, 0.25) is 5.02 Å². The molecule has 0 radical (unpaired) electrons. The number of pyridine rings is 1. The van der Waals surface area contributed by atoms with Gasteiger partial charge in [0.2, 0.25) is 0 Å². The van der Waals surface area contributed by atoms with E-state index in [-0.39, 0.29) is 6.04 Å². The third-order valence-corrected chi connectivity index (χ3v) is 3.00. The Hall–Kier alpha value is -2.05. The van der Waals surface area contributed by atoms with E-state index in [9.17, 15) is 0 Å². The monoisotopic (exact) mass is 257 g/mol. The van der Waals surface area contributed by atoms with Gasteiger partial charge in [-0.15, -0.1) is 0 Å². The molecule has 3 nitrogen and oxygen atoms in total. The molecule has 2 aromatic rings. The first-order chi connectivity index (χ1) is 8.72. The van der Waals surface area contributed by atoms with E-state index in [0.29, 0.717) is 16.4 Å². The highest BCUT2D eigenvalue weighted by atomic mass is 35.5. The Labute approximate surface area is 111 Å². The summed E-state index contributed by atoms with van der Waals surface area (Å²) in [5.41, 5.74) is 1.50. The minimum absolute atomic E-state index is 0.0132. The van der Waals surface area contributed by atoms with Gasteiger partial charge in [-0.3, -0.25) is 0 Å². The van der Waals surface area contributed by atoms with Crippen molar-refractivity contribution in [3.8, 4) is 6.07 Å². The summed E-state index contributed by atoms with van der Waals surface area (Å²) in [6.45, 7) is 1.98. The van der Waals surface area contributed by atoms with Crippen molar-refractivity contribution in [2.45, 2.75) is 13.0 Å². The molecule has 90 valence electrons. The average Bonchev–Trinajstić information content (AvgIpc) is 2.39. The average molecular weight is 258 g/mol. The fourth-order valence-electron chi connectivity index (χ4n) is 1.72. The standard InChI is InChI=1S/C14H12ClN3/c1-10(12-6-2-3-7-13(12)15)18-14-11(9-16)5-4-8-17-14/h2-8,10H,1H3,(H,17,18)/t10-/m0/s1. The zero-order valence-electron chi connectivity index (χ0n) is 9.89. The number of aromatic nitrogens is 1. The van der Waals surface area contributed by atoms with E-state index in [1.54, 1.807) is 18.3 Å². The molecule has 0 aliphatic carbocycles. The number of hydrogen-bond donors (Lipinski definition) is 1. The van der Waals surface area contributed by atoms with E-state index < -0.39 is 0 Å². The summed E-state index contributed by atoms with van der Waals surface area (Å²) < 4.78 is 0.